The Morgan fingerprint density at radius 3 is 2.41 bits per heavy atom. The van der Waals surface area contributed by atoms with Crippen LogP contribution in [0.2, 0.25) is 0 Å². The summed E-state index contributed by atoms with van der Waals surface area (Å²) in [5, 5.41) is 9.56. The summed E-state index contributed by atoms with van der Waals surface area (Å²) in [7, 11) is -3.42. The Hall–Kier alpha value is -0.950. The number of rotatable bonds is 6. The lowest BCUT2D eigenvalue weighted by molar-refractivity contribution is 0.0281. The molecule has 1 aromatic rings. The third-order valence-corrected chi connectivity index (χ3v) is 6.37. The van der Waals surface area contributed by atoms with Gasteiger partial charge < -0.3 is 5.11 Å². The van der Waals surface area contributed by atoms with Crippen LogP contribution in [-0.4, -0.2) is 43.1 Å². The zero-order valence-corrected chi connectivity index (χ0v) is 13.5. The van der Waals surface area contributed by atoms with Crippen molar-refractivity contribution in [1.29, 1.82) is 0 Å². The Bertz CT molecular complexity index is 579. The molecule has 1 aromatic carbocycles. The highest BCUT2D eigenvalue weighted by Crippen LogP contribution is 2.32. The van der Waals surface area contributed by atoms with Crippen LogP contribution >= 0.6 is 0 Å². The van der Waals surface area contributed by atoms with Crippen molar-refractivity contribution < 1.29 is 13.5 Å². The minimum absolute atomic E-state index is 0.142. The number of aliphatic hydroxyl groups excluding tert-OH is 1. The molecule has 2 N–H and O–H groups in total. The van der Waals surface area contributed by atoms with Crippen molar-refractivity contribution in [3.63, 3.8) is 0 Å². The van der Waals surface area contributed by atoms with Crippen LogP contribution in [0.25, 0.3) is 0 Å². The van der Waals surface area contributed by atoms with Crippen LogP contribution in [0.5, 0.6) is 0 Å². The highest BCUT2D eigenvalue weighted by molar-refractivity contribution is 7.87. The summed E-state index contributed by atoms with van der Waals surface area (Å²) in [5.41, 5.74) is 1.12. The van der Waals surface area contributed by atoms with Gasteiger partial charge in [0.05, 0.1) is 6.10 Å². The van der Waals surface area contributed by atoms with Gasteiger partial charge in [0.2, 0.25) is 0 Å². The molecule has 0 bridgehead atoms. The molecule has 6 heteroatoms. The zero-order valence-electron chi connectivity index (χ0n) is 12.7. The number of nitrogens with one attached hydrogen (secondary N) is 1. The first-order valence-corrected chi connectivity index (χ1v) is 9.48. The molecule has 2 aliphatic rings. The average molecular weight is 324 g/mol. The standard InChI is InChI=1S/C16H24N2O3S/c19-15-11-14(12-15)16(10-13-6-2-1-3-7-13)17-22(20,21)18-8-4-5-9-18/h1-3,6-7,14-17,19H,4-5,8-12H2/t14?,15?,16-/m1/s1. The lowest BCUT2D eigenvalue weighted by atomic mass is 9.76. The highest BCUT2D eigenvalue weighted by atomic mass is 32.2. The van der Waals surface area contributed by atoms with E-state index < -0.39 is 10.2 Å². The van der Waals surface area contributed by atoms with Gasteiger partial charge >= 0.3 is 0 Å². The second-order valence-electron chi connectivity index (χ2n) is 6.41. The van der Waals surface area contributed by atoms with Crippen molar-refractivity contribution in [1.82, 2.24) is 9.03 Å². The molecule has 0 amide bonds. The summed E-state index contributed by atoms with van der Waals surface area (Å²) in [5.74, 6) is 0.215. The molecule has 0 radical (unpaired) electrons. The van der Waals surface area contributed by atoms with Crippen molar-refractivity contribution in [2.45, 2.75) is 44.2 Å². The van der Waals surface area contributed by atoms with E-state index in [2.05, 4.69) is 4.72 Å². The fraction of sp³-hybridized carbons (Fsp3) is 0.625. The zero-order chi connectivity index (χ0) is 15.6. The molecule has 0 aromatic heterocycles. The van der Waals surface area contributed by atoms with Gasteiger partial charge in [-0.15, -0.1) is 0 Å². The van der Waals surface area contributed by atoms with Gasteiger partial charge in [0.15, 0.2) is 0 Å². The maximum Gasteiger partial charge on any atom is 0.279 e. The molecular weight excluding hydrogens is 300 g/mol. The van der Waals surface area contributed by atoms with Crippen molar-refractivity contribution >= 4 is 10.2 Å². The van der Waals surface area contributed by atoms with Crippen molar-refractivity contribution in [2.75, 3.05) is 13.1 Å². The third-order valence-electron chi connectivity index (χ3n) is 4.72. The van der Waals surface area contributed by atoms with Crippen LogP contribution < -0.4 is 4.72 Å². The summed E-state index contributed by atoms with van der Waals surface area (Å²) in [6.45, 7) is 1.22. The summed E-state index contributed by atoms with van der Waals surface area (Å²) in [4.78, 5) is 0. The molecular formula is C16H24N2O3S. The number of benzene rings is 1. The van der Waals surface area contributed by atoms with Gasteiger partial charge in [-0.3, -0.25) is 0 Å². The number of hydrogen-bond acceptors (Lipinski definition) is 3. The first kappa shape index (κ1) is 15.9. The molecule has 1 heterocycles. The Labute approximate surface area is 132 Å². The molecule has 0 spiro atoms. The lowest BCUT2D eigenvalue weighted by Crippen LogP contribution is -2.51. The van der Waals surface area contributed by atoms with Gasteiger partial charge in [0, 0.05) is 19.1 Å². The largest absolute Gasteiger partial charge is 0.393 e. The molecule has 22 heavy (non-hydrogen) atoms. The van der Waals surface area contributed by atoms with E-state index in [1.54, 1.807) is 4.31 Å². The van der Waals surface area contributed by atoms with Crippen LogP contribution in [0.3, 0.4) is 0 Å². The van der Waals surface area contributed by atoms with Crippen molar-refractivity contribution in [3.05, 3.63) is 35.9 Å². The second-order valence-corrected chi connectivity index (χ2v) is 8.11. The molecule has 3 rings (SSSR count). The van der Waals surface area contributed by atoms with Gasteiger partial charge in [-0.25, -0.2) is 0 Å². The van der Waals surface area contributed by atoms with Gasteiger partial charge in [0.1, 0.15) is 0 Å². The average Bonchev–Trinajstić information content (AvgIpc) is 2.99. The quantitative estimate of drug-likeness (QED) is 0.829. The molecule has 122 valence electrons. The summed E-state index contributed by atoms with van der Waals surface area (Å²) >= 11 is 0. The minimum Gasteiger partial charge on any atom is -0.393 e. The van der Waals surface area contributed by atoms with Gasteiger partial charge in [-0.1, -0.05) is 30.3 Å². The SMILES string of the molecule is O=S(=O)(N[C@H](Cc1ccccc1)C1CC(O)C1)N1CCCC1. The van der Waals surface area contributed by atoms with Gasteiger partial charge in [0.25, 0.3) is 10.2 Å². The van der Waals surface area contributed by atoms with E-state index in [9.17, 15) is 13.5 Å². The van der Waals surface area contributed by atoms with E-state index >= 15 is 0 Å². The normalized spacial score (nSPS) is 27.5. The predicted octanol–water partition coefficient (Wildman–Crippen LogP) is 1.30. The highest BCUT2D eigenvalue weighted by Gasteiger charge is 2.37. The van der Waals surface area contributed by atoms with Crippen molar-refractivity contribution in [2.24, 2.45) is 5.92 Å². The second kappa shape index (κ2) is 6.66. The van der Waals surface area contributed by atoms with Crippen LogP contribution in [0, 0.1) is 5.92 Å². The molecule has 1 saturated heterocycles. The van der Waals surface area contributed by atoms with Crippen LogP contribution in [0.1, 0.15) is 31.2 Å². The maximum atomic E-state index is 12.5. The molecule has 5 nitrogen and oxygen atoms in total. The Morgan fingerprint density at radius 2 is 1.82 bits per heavy atom. The van der Waals surface area contributed by atoms with E-state index in [4.69, 9.17) is 0 Å². The molecule has 1 aliphatic heterocycles. The van der Waals surface area contributed by atoms with Crippen molar-refractivity contribution in [3.8, 4) is 0 Å². The van der Waals surface area contributed by atoms with E-state index in [0.29, 0.717) is 32.4 Å². The molecule has 1 atom stereocenters. The number of aliphatic hydroxyl groups is 1. The van der Waals surface area contributed by atoms with E-state index in [1.807, 2.05) is 30.3 Å². The van der Waals surface area contributed by atoms with Crippen LogP contribution in [0.4, 0.5) is 0 Å². The Balaban J connectivity index is 1.71. The topological polar surface area (TPSA) is 69.6 Å². The van der Waals surface area contributed by atoms with Crippen LogP contribution in [0.15, 0.2) is 30.3 Å². The van der Waals surface area contributed by atoms with E-state index in [1.165, 1.54) is 0 Å². The molecule has 2 fully saturated rings. The minimum atomic E-state index is -3.42. The molecule has 1 saturated carbocycles. The maximum absolute atomic E-state index is 12.5. The number of nitrogens with zero attached hydrogens (tertiary/aromatic N) is 1. The fourth-order valence-corrected chi connectivity index (χ4v) is 4.87. The Morgan fingerprint density at radius 1 is 1.18 bits per heavy atom. The van der Waals surface area contributed by atoms with Crippen LogP contribution in [-0.2, 0) is 16.6 Å². The number of hydrogen-bond donors (Lipinski definition) is 2. The molecule has 1 aliphatic carbocycles. The monoisotopic (exact) mass is 324 g/mol. The van der Waals surface area contributed by atoms with Gasteiger partial charge in [-0.05, 0) is 43.6 Å². The smallest absolute Gasteiger partial charge is 0.279 e. The third kappa shape index (κ3) is 3.68. The molecule has 0 unspecified atom stereocenters. The summed E-state index contributed by atoms with van der Waals surface area (Å²) in [6, 6.07) is 9.79. The fourth-order valence-electron chi connectivity index (χ4n) is 3.33. The van der Waals surface area contributed by atoms with E-state index in [-0.39, 0.29) is 18.1 Å². The summed E-state index contributed by atoms with van der Waals surface area (Å²) < 4.78 is 29.5. The lowest BCUT2D eigenvalue weighted by Gasteiger charge is -2.38. The van der Waals surface area contributed by atoms with Gasteiger partial charge in [-0.2, -0.15) is 17.4 Å². The first-order chi connectivity index (χ1) is 10.5. The Kier molecular flexibility index (Phi) is 4.82. The van der Waals surface area contributed by atoms with E-state index in [0.717, 1.165) is 18.4 Å². The summed E-state index contributed by atoms with van der Waals surface area (Å²) in [6.07, 6.45) is 3.63. The first-order valence-electron chi connectivity index (χ1n) is 8.04. The predicted molar refractivity (Wildman–Crippen MR) is 85.5 cm³/mol.